The Morgan fingerprint density at radius 3 is 2.92 bits per heavy atom. The van der Waals surface area contributed by atoms with Crippen LogP contribution in [0.1, 0.15) is 19.3 Å². The van der Waals surface area contributed by atoms with E-state index >= 15 is 0 Å². The third-order valence-corrected chi connectivity index (χ3v) is 2.46. The van der Waals surface area contributed by atoms with Crippen molar-refractivity contribution in [1.29, 1.82) is 0 Å². The van der Waals surface area contributed by atoms with Crippen LogP contribution in [0.3, 0.4) is 0 Å². The van der Waals surface area contributed by atoms with Crippen molar-refractivity contribution in [2.75, 3.05) is 6.54 Å². The average molecular weight is 206 g/mol. The molecule has 0 radical (unpaired) electrons. The first-order chi connectivity index (χ1) is 6.16. The van der Waals surface area contributed by atoms with Crippen molar-refractivity contribution in [2.24, 2.45) is 10.9 Å². The molecule has 3 N–H and O–H groups in total. The van der Waals surface area contributed by atoms with E-state index in [0.29, 0.717) is 18.8 Å². The Labute approximate surface area is 81.1 Å². The van der Waals surface area contributed by atoms with Crippen LogP contribution in [-0.2, 0) is 4.79 Å². The summed E-state index contributed by atoms with van der Waals surface area (Å²) in [5.41, 5.74) is 4.12. The Hall–Kier alpha value is -0.970. The number of carbonyl (C=O) groups is 1. The molecular weight excluding hydrogens is 194 g/mol. The molecule has 0 aromatic heterocycles. The number of nitrogens with zero attached hydrogens (tertiary/aromatic N) is 2. The lowest BCUT2D eigenvalue weighted by molar-refractivity contribution is -0.119. The van der Waals surface area contributed by atoms with Crippen LogP contribution in [0.4, 0.5) is 0 Å². The number of primary amides is 1. The van der Waals surface area contributed by atoms with E-state index in [-0.39, 0.29) is 0 Å². The van der Waals surface area contributed by atoms with Crippen LogP contribution in [0.2, 0.25) is 0 Å². The van der Waals surface area contributed by atoms with Gasteiger partial charge in [0.05, 0.1) is 0 Å². The topological polar surface area (TPSA) is 78.9 Å². The average Bonchev–Trinajstić information content (AvgIpc) is 2.16. The van der Waals surface area contributed by atoms with Gasteiger partial charge < -0.3 is 15.8 Å². The van der Waals surface area contributed by atoms with Crippen molar-refractivity contribution in [3.05, 3.63) is 0 Å². The predicted octanol–water partition coefficient (Wildman–Crippen LogP) is 0.310. The van der Waals surface area contributed by atoms with Gasteiger partial charge in [-0.25, -0.2) is 0 Å². The number of amidine groups is 1. The second-order valence-corrected chi connectivity index (χ2v) is 3.32. The predicted molar refractivity (Wildman–Crippen MR) is 48.6 cm³/mol. The summed E-state index contributed by atoms with van der Waals surface area (Å²) < 4.78 is 0. The number of likely N-dealkylation sites (tertiary alicyclic amines) is 1. The monoisotopic (exact) mass is 205 g/mol. The summed E-state index contributed by atoms with van der Waals surface area (Å²) in [6.07, 6.45) is 2.50. The number of hydrogen-bond donors (Lipinski definition) is 2. The molecule has 1 atom stereocenters. The lowest BCUT2D eigenvalue weighted by Gasteiger charge is -2.31. The van der Waals surface area contributed by atoms with Crippen LogP contribution in [-0.4, -0.2) is 33.9 Å². The molecule has 1 amide bonds. The van der Waals surface area contributed by atoms with E-state index in [9.17, 15) is 4.79 Å². The number of amides is 1. The number of hydrogen-bond acceptors (Lipinski definition) is 3. The molecule has 1 rings (SSSR count). The molecule has 1 fully saturated rings. The fourth-order valence-corrected chi connectivity index (χ4v) is 1.55. The first-order valence-electron chi connectivity index (χ1n) is 4.07. The van der Waals surface area contributed by atoms with Crippen molar-refractivity contribution in [1.82, 2.24) is 4.90 Å². The molecule has 13 heavy (non-hydrogen) atoms. The van der Waals surface area contributed by atoms with E-state index in [1.807, 2.05) is 0 Å². The SMILES string of the molecule is NC(=O)C(Cl)N1CCCCC1=NO. The molecule has 5 nitrogen and oxygen atoms in total. The van der Waals surface area contributed by atoms with Crippen LogP contribution in [0, 0.1) is 0 Å². The molecule has 1 aliphatic heterocycles. The number of halogens is 1. The summed E-state index contributed by atoms with van der Waals surface area (Å²) in [6.45, 7) is 0.608. The molecular formula is C7H12ClN3O2. The second kappa shape index (κ2) is 4.32. The minimum atomic E-state index is -0.911. The minimum absolute atomic E-state index is 0.435. The maximum Gasteiger partial charge on any atom is 0.255 e. The summed E-state index contributed by atoms with van der Waals surface area (Å²) in [5, 5.41) is 11.7. The zero-order valence-corrected chi connectivity index (χ0v) is 7.87. The summed E-state index contributed by atoms with van der Waals surface area (Å²) in [7, 11) is 0. The number of piperidine rings is 1. The van der Waals surface area contributed by atoms with Crippen molar-refractivity contribution in [3.63, 3.8) is 0 Å². The summed E-state index contributed by atoms with van der Waals surface area (Å²) in [6, 6.07) is 0. The number of alkyl halides is 1. The molecule has 0 saturated carbocycles. The van der Waals surface area contributed by atoms with Gasteiger partial charge in [0, 0.05) is 13.0 Å². The first-order valence-corrected chi connectivity index (χ1v) is 4.51. The molecule has 74 valence electrons. The van der Waals surface area contributed by atoms with Gasteiger partial charge in [0.15, 0.2) is 5.50 Å². The fraction of sp³-hybridized carbons (Fsp3) is 0.714. The minimum Gasteiger partial charge on any atom is -0.409 e. The van der Waals surface area contributed by atoms with Crippen LogP contribution in [0.5, 0.6) is 0 Å². The Balaban J connectivity index is 2.70. The Bertz CT molecular complexity index is 232. The normalized spacial score (nSPS) is 23.2. The molecule has 0 aliphatic carbocycles. The summed E-state index contributed by atoms with van der Waals surface area (Å²) in [4.78, 5) is 12.3. The number of carbonyl (C=O) groups excluding carboxylic acids is 1. The van der Waals surface area contributed by atoms with E-state index in [0.717, 1.165) is 12.8 Å². The Kier molecular flexibility index (Phi) is 3.36. The zero-order valence-electron chi connectivity index (χ0n) is 7.11. The van der Waals surface area contributed by atoms with E-state index in [2.05, 4.69) is 5.16 Å². The van der Waals surface area contributed by atoms with Crippen LogP contribution in [0.25, 0.3) is 0 Å². The van der Waals surface area contributed by atoms with Gasteiger partial charge in [-0.2, -0.15) is 0 Å². The Morgan fingerprint density at radius 2 is 2.38 bits per heavy atom. The van der Waals surface area contributed by atoms with E-state index in [1.165, 1.54) is 4.90 Å². The van der Waals surface area contributed by atoms with Gasteiger partial charge in [0.25, 0.3) is 5.91 Å². The largest absolute Gasteiger partial charge is 0.409 e. The number of rotatable bonds is 2. The lowest BCUT2D eigenvalue weighted by Crippen LogP contribution is -2.46. The molecule has 0 bridgehead atoms. The quantitative estimate of drug-likeness (QED) is 0.295. The summed E-state index contributed by atoms with van der Waals surface area (Å²) >= 11 is 5.73. The van der Waals surface area contributed by atoms with Gasteiger partial charge in [0.2, 0.25) is 0 Å². The molecule has 0 aromatic carbocycles. The molecule has 1 unspecified atom stereocenters. The van der Waals surface area contributed by atoms with E-state index in [4.69, 9.17) is 22.5 Å². The molecule has 1 aliphatic rings. The van der Waals surface area contributed by atoms with Gasteiger partial charge in [-0.1, -0.05) is 16.8 Å². The second-order valence-electron chi connectivity index (χ2n) is 2.90. The van der Waals surface area contributed by atoms with Gasteiger partial charge in [0.1, 0.15) is 5.84 Å². The van der Waals surface area contributed by atoms with Crippen molar-refractivity contribution >= 4 is 23.3 Å². The zero-order chi connectivity index (χ0) is 9.84. The van der Waals surface area contributed by atoms with Crippen LogP contribution < -0.4 is 5.73 Å². The standard InChI is InChI=1S/C7H12ClN3O2/c8-6(7(9)12)11-4-2-1-3-5(11)10-13/h6,13H,1-4H2,(H2,9,12). The van der Waals surface area contributed by atoms with Crippen LogP contribution in [0.15, 0.2) is 5.16 Å². The maximum atomic E-state index is 10.8. The maximum absolute atomic E-state index is 10.8. The van der Waals surface area contributed by atoms with Gasteiger partial charge in [-0.3, -0.25) is 4.79 Å². The number of oxime groups is 1. The smallest absolute Gasteiger partial charge is 0.255 e. The highest BCUT2D eigenvalue weighted by molar-refractivity contribution is 6.31. The van der Waals surface area contributed by atoms with Crippen LogP contribution >= 0.6 is 11.6 Å². The van der Waals surface area contributed by atoms with Crippen molar-refractivity contribution in [3.8, 4) is 0 Å². The molecule has 1 saturated heterocycles. The highest BCUT2D eigenvalue weighted by Crippen LogP contribution is 2.16. The molecule has 0 aromatic rings. The highest BCUT2D eigenvalue weighted by Gasteiger charge is 2.26. The lowest BCUT2D eigenvalue weighted by atomic mass is 10.1. The van der Waals surface area contributed by atoms with Gasteiger partial charge >= 0.3 is 0 Å². The third kappa shape index (κ3) is 2.24. The van der Waals surface area contributed by atoms with Crippen molar-refractivity contribution in [2.45, 2.75) is 24.8 Å². The molecule has 0 spiro atoms. The van der Waals surface area contributed by atoms with Gasteiger partial charge in [-0.05, 0) is 12.8 Å². The first kappa shape index (κ1) is 10.1. The van der Waals surface area contributed by atoms with E-state index in [1.54, 1.807) is 0 Å². The molecule has 6 heteroatoms. The fourth-order valence-electron chi connectivity index (χ4n) is 1.34. The third-order valence-electron chi connectivity index (χ3n) is 2.00. The Morgan fingerprint density at radius 1 is 1.69 bits per heavy atom. The van der Waals surface area contributed by atoms with Crippen molar-refractivity contribution < 1.29 is 10.0 Å². The molecule has 1 heterocycles. The summed E-state index contributed by atoms with van der Waals surface area (Å²) in [5.74, 6) is -0.185. The number of nitrogens with two attached hydrogens (primary N) is 1. The van der Waals surface area contributed by atoms with Gasteiger partial charge in [-0.15, -0.1) is 0 Å². The van der Waals surface area contributed by atoms with E-state index < -0.39 is 11.4 Å². The highest BCUT2D eigenvalue weighted by atomic mass is 35.5.